The van der Waals surface area contributed by atoms with Crippen LogP contribution in [0.3, 0.4) is 0 Å². The second-order valence-electron chi connectivity index (χ2n) is 8.59. The van der Waals surface area contributed by atoms with Crippen molar-refractivity contribution < 1.29 is 14.4 Å². The fraction of sp³-hybridized carbons (Fsp3) is 0.129. The quantitative estimate of drug-likeness (QED) is 0.239. The van der Waals surface area contributed by atoms with E-state index in [1.54, 1.807) is 0 Å². The van der Waals surface area contributed by atoms with Gasteiger partial charge in [-0.05, 0) is 22.3 Å². The molecule has 0 aliphatic carbocycles. The van der Waals surface area contributed by atoms with Gasteiger partial charge >= 0.3 is 17.6 Å². The Kier molecular flexibility index (Phi) is 8.39. The van der Waals surface area contributed by atoms with Gasteiger partial charge in [0.1, 0.15) is 0 Å². The summed E-state index contributed by atoms with van der Waals surface area (Å²) in [5.41, 5.74) is 3.53. The van der Waals surface area contributed by atoms with Crippen molar-refractivity contribution in [3.05, 3.63) is 144 Å². The third-order valence-electron chi connectivity index (χ3n) is 5.83. The van der Waals surface area contributed by atoms with Gasteiger partial charge in [0.15, 0.2) is 0 Å². The molecule has 4 aromatic carbocycles. The minimum atomic E-state index is -1.03. The van der Waals surface area contributed by atoms with Crippen molar-refractivity contribution in [2.24, 2.45) is 0 Å². The molecule has 0 aromatic heterocycles. The van der Waals surface area contributed by atoms with Crippen molar-refractivity contribution in [2.75, 3.05) is 0 Å². The van der Waals surface area contributed by atoms with E-state index in [1.807, 2.05) is 121 Å². The van der Waals surface area contributed by atoms with Crippen LogP contribution in [0.5, 0.6) is 0 Å². The summed E-state index contributed by atoms with van der Waals surface area (Å²) in [6.45, 7) is 0.909. The molecule has 0 radical (unpaired) electrons. The number of ketones is 1. The Morgan fingerprint density at radius 2 is 0.611 bits per heavy atom. The summed E-state index contributed by atoms with van der Waals surface area (Å²) < 4.78 is 0. The average Bonchev–Trinajstić information content (AvgIpc) is 2.93. The van der Waals surface area contributed by atoms with Gasteiger partial charge in [-0.3, -0.25) is 14.4 Å². The zero-order valence-corrected chi connectivity index (χ0v) is 20.0. The Bertz CT molecular complexity index is 1090. The minimum absolute atomic E-state index is 0.227. The molecule has 0 unspecified atom stereocenters. The van der Waals surface area contributed by atoms with Crippen LogP contribution in [0.2, 0.25) is 0 Å². The fourth-order valence-electron chi connectivity index (χ4n) is 3.99. The van der Waals surface area contributed by atoms with Crippen molar-refractivity contribution in [1.82, 2.24) is 9.80 Å². The molecule has 5 heteroatoms. The number of nitrogens with zero attached hydrogens (tertiary/aromatic N) is 2. The van der Waals surface area contributed by atoms with Gasteiger partial charge in [0, 0.05) is 26.2 Å². The maximum atomic E-state index is 13.4. The van der Waals surface area contributed by atoms with Crippen LogP contribution in [-0.2, 0) is 40.6 Å². The lowest BCUT2D eigenvalue weighted by Crippen LogP contribution is -2.45. The monoisotopic (exact) mass is 476 g/mol. The molecule has 0 aliphatic rings. The Labute approximate surface area is 211 Å². The Hall–Kier alpha value is -4.51. The zero-order chi connectivity index (χ0) is 25.2. The van der Waals surface area contributed by atoms with Crippen LogP contribution in [-0.4, -0.2) is 27.4 Å². The standard InChI is InChI=1S/C31H28N2O3/c34-29(30(35)32(21-25-13-5-1-6-14-25)22-26-15-7-2-8-16-26)31(36)33(23-27-17-9-3-10-18-27)24-28-19-11-4-12-20-28/h1-20H,21-24H2. The van der Waals surface area contributed by atoms with E-state index in [-0.39, 0.29) is 26.2 Å². The van der Waals surface area contributed by atoms with Crippen LogP contribution < -0.4 is 0 Å². The summed E-state index contributed by atoms with van der Waals surface area (Å²) in [4.78, 5) is 43.0. The molecule has 180 valence electrons. The molecule has 4 aromatic rings. The van der Waals surface area contributed by atoms with Gasteiger partial charge in [-0.2, -0.15) is 0 Å². The Morgan fingerprint density at radius 3 is 0.833 bits per heavy atom. The molecule has 5 nitrogen and oxygen atoms in total. The lowest BCUT2D eigenvalue weighted by atomic mass is 10.1. The highest BCUT2D eigenvalue weighted by Gasteiger charge is 2.32. The van der Waals surface area contributed by atoms with Crippen LogP contribution in [0.1, 0.15) is 22.3 Å². The summed E-state index contributed by atoms with van der Waals surface area (Å²) >= 11 is 0. The summed E-state index contributed by atoms with van der Waals surface area (Å²) in [7, 11) is 0. The SMILES string of the molecule is O=C(C(=O)N(Cc1ccccc1)Cc1ccccc1)C(=O)N(Cc1ccccc1)Cc1ccccc1. The van der Waals surface area contributed by atoms with E-state index in [4.69, 9.17) is 0 Å². The van der Waals surface area contributed by atoms with Crippen molar-refractivity contribution in [3.63, 3.8) is 0 Å². The first-order chi connectivity index (χ1) is 17.6. The molecule has 0 saturated heterocycles. The van der Waals surface area contributed by atoms with E-state index in [9.17, 15) is 14.4 Å². The van der Waals surface area contributed by atoms with Crippen LogP contribution in [0.25, 0.3) is 0 Å². The fourth-order valence-corrected chi connectivity index (χ4v) is 3.99. The third-order valence-corrected chi connectivity index (χ3v) is 5.83. The van der Waals surface area contributed by atoms with Crippen LogP contribution in [0, 0.1) is 0 Å². The molecule has 0 saturated carbocycles. The maximum absolute atomic E-state index is 13.4. The van der Waals surface area contributed by atoms with E-state index < -0.39 is 17.6 Å². The molecule has 36 heavy (non-hydrogen) atoms. The topological polar surface area (TPSA) is 57.7 Å². The van der Waals surface area contributed by atoms with Gasteiger partial charge < -0.3 is 9.80 Å². The number of Topliss-reactive ketones (excluding diaryl/α,β-unsaturated/α-hetero) is 1. The van der Waals surface area contributed by atoms with Gasteiger partial charge in [0.25, 0.3) is 0 Å². The van der Waals surface area contributed by atoms with Gasteiger partial charge in [0.2, 0.25) is 0 Å². The molecular formula is C31H28N2O3. The molecule has 0 atom stereocenters. The molecule has 0 fully saturated rings. The molecule has 0 N–H and O–H groups in total. The largest absolute Gasteiger partial charge is 0.327 e. The average molecular weight is 477 g/mol. The second-order valence-corrected chi connectivity index (χ2v) is 8.59. The lowest BCUT2D eigenvalue weighted by Gasteiger charge is -2.25. The first-order valence-corrected chi connectivity index (χ1v) is 11.9. The number of hydrogen-bond donors (Lipinski definition) is 0. The molecule has 0 spiro atoms. The van der Waals surface area contributed by atoms with Gasteiger partial charge in [0.05, 0.1) is 0 Å². The van der Waals surface area contributed by atoms with E-state index in [2.05, 4.69) is 0 Å². The highest BCUT2D eigenvalue weighted by molar-refractivity contribution is 6.62. The van der Waals surface area contributed by atoms with Crippen molar-refractivity contribution in [3.8, 4) is 0 Å². The van der Waals surface area contributed by atoms with E-state index in [0.29, 0.717) is 0 Å². The van der Waals surface area contributed by atoms with Crippen LogP contribution in [0.4, 0.5) is 0 Å². The van der Waals surface area contributed by atoms with E-state index in [0.717, 1.165) is 22.3 Å². The minimum Gasteiger partial charge on any atom is -0.327 e. The second kappa shape index (κ2) is 12.3. The van der Waals surface area contributed by atoms with Crippen molar-refractivity contribution in [1.29, 1.82) is 0 Å². The van der Waals surface area contributed by atoms with Crippen LogP contribution >= 0.6 is 0 Å². The number of carbonyl (C=O) groups excluding carboxylic acids is 3. The van der Waals surface area contributed by atoms with Crippen molar-refractivity contribution in [2.45, 2.75) is 26.2 Å². The Morgan fingerprint density at radius 1 is 0.389 bits per heavy atom. The smallest absolute Gasteiger partial charge is 0.307 e. The molecule has 2 amide bonds. The van der Waals surface area contributed by atoms with Gasteiger partial charge in [-0.25, -0.2) is 0 Å². The summed E-state index contributed by atoms with van der Waals surface area (Å²) in [6.07, 6.45) is 0. The number of benzene rings is 4. The zero-order valence-electron chi connectivity index (χ0n) is 20.0. The number of hydrogen-bond acceptors (Lipinski definition) is 3. The van der Waals surface area contributed by atoms with E-state index >= 15 is 0 Å². The predicted molar refractivity (Wildman–Crippen MR) is 139 cm³/mol. The molecular weight excluding hydrogens is 448 g/mol. The lowest BCUT2D eigenvalue weighted by molar-refractivity contribution is -0.155. The number of amides is 2. The van der Waals surface area contributed by atoms with Gasteiger partial charge in [-0.15, -0.1) is 0 Å². The summed E-state index contributed by atoms with van der Waals surface area (Å²) in [5.74, 6) is -2.65. The summed E-state index contributed by atoms with van der Waals surface area (Å²) in [5, 5.41) is 0. The summed E-state index contributed by atoms with van der Waals surface area (Å²) in [6, 6.07) is 37.8. The maximum Gasteiger partial charge on any atom is 0.307 e. The molecule has 0 aliphatic heterocycles. The first kappa shape index (κ1) is 24.6. The molecule has 4 rings (SSSR count). The highest BCUT2D eigenvalue weighted by atomic mass is 16.2. The predicted octanol–water partition coefficient (Wildman–Crippen LogP) is 5.01. The van der Waals surface area contributed by atoms with Crippen molar-refractivity contribution >= 4 is 17.6 Å². The first-order valence-electron chi connectivity index (χ1n) is 11.9. The number of carbonyl (C=O) groups is 3. The highest BCUT2D eigenvalue weighted by Crippen LogP contribution is 2.14. The molecule has 0 heterocycles. The normalized spacial score (nSPS) is 10.4. The van der Waals surface area contributed by atoms with E-state index in [1.165, 1.54) is 9.80 Å². The number of rotatable bonds is 10. The Balaban J connectivity index is 1.57. The molecule has 0 bridgehead atoms. The third kappa shape index (κ3) is 6.76. The van der Waals surface area contributed by atoms with Gasteiger partial charge in [-0.1, -0.05) is 121 Å². The van der Waals surface area contributed by atoms with Crippen LogP contribution in [0.15, 0.2) is 121 Å².